The molecule has 0 radical (unpaired) electrons. The predicted molar refractivity (Wildman–Crippen MR) is 120 cm³/mol. The van der Waals surface area contributed by atoms with E-state index in [0.717, 1.165) is 26.1 Å². The largest absolute Gasteiger partial charge is 0.490 e. The Morgan fingerprint density at radius 2 is 1.74 bits per heavy atom. The van der Waals surface area contributed by atoms with Crippen molar-refractivity contribution in [3.63, 3.8) is 0 Å². The zero-order valence-electron chi connectivity index (χ0n) is 19.5. The van der Waals surface area contributed by atoms with E-state index < -0.39 is 24.3 Å². The highest BCUT2D eigenvalue weighted by molar-refractivity contribution is 7.09. The summed E-state index contributed by atoms with van der Waals surface area (Å²) in [6.45, 7) is 3.93. The average Bonchev–Trinajstić information content (AvgIpc) is 3.56. The summed E-state index contributed by atoms with van der Waals surface area (Å²) in [7, 11) is 0. The maximum absolute atomic E-state index is 12.6. The molecule has 1 spiro atoms. The number of amides is 1. The number of rotatable bonds is 5. The number of likely N-dealkylation sites (tertiary alicyclic amines) is 1. The first-order valence-electron chi connectivity index (χ1n) is 10.8. The third-order valence-corrected chi connectivity index (χ3v) is 6.50. The summed E-state index contributed by atoms with van der Waals surface area (Å²) in [6, 6.07) is 9.88. The Balaban J connectivity index is 0.000000301. The van der Waals surface area contributed by atoms with Crippen molar-refractivity contribution in [3.8, 4) is 5.88 Å². The number of carbonyl (C=O) groups excluding carboxylic acids is 1. The monoisotopic (exact) mass is 571 g/mol. The molecule has 2 saturated heterocycles. The van der Waals surface area contributed by atoms with Gasteiger partial charge in [0.05, 0.1) is 12.0 Å². The normalized spacial score (nSPS) is 21.1. The van der Waals surface area contributed by atoms with Crippen LogP contribution in [0.25, 0.3) is 0 Å². The Morgan fingerprint density at radius 3 is 2.24 bits per heavy atom. The topological polar surface area (TPSA) is 129 Å². The van der Waals surface area contributed by atoms with E-state index in [9.17, 15) is 31.1 Å². The molecule has 4 rings (SSSR count). The lowest BCUT2D eigenvalue weighted by Crippen LogP contribution is -2.40. The van der Waals surface area contributed by atoms with Crippen LogP contribution in [0.2, 0.25) is 0 Å². The number of carboxylic acids is 2. The number of pyridine rings is 1. The van der Waals surface area contributed by atoms with Gasteiger partial charge in [-0.2, -0.15) is 26.3 Å². The van der Waals surface area contributed by atoms with Crippen molar-refractivity contribution in [2.75, 3.05) is 26.2 Å². The Kier molecular flexibility index (Phi) is 10.5. The summed E-state index contributed by atoms with van der Waals surface area (Å²) in [5.41, 5.74) is -0.313. The van der Waals surface area contributed by atoms with Crippen LogP contribution >= 0.6 is 11.3 Å². The molecule has 38 heavy (non-hydrogen) atoms. The molecule has 2 aliphatic heterocycles. The highest BCUT2D eigenvalue weighted by Crippen LogP contribution is 2.42. The molecule has 0 unspecified atom stereocenters. The molecule has 16 heteroatoms. The molecule has 9 nitrogen and oxygen atoms in total. The molecule has 2 atom stereocenters. The Labute approximate surface area is 216 Å². The highest BCUT2D eigenvalue weighted by atomic mass is 32.1. The number of thiophene rings is 1. The van der Waals surface area contributed by atoms with Crippen molar-refractivity contribution >= 4 is 29.2 Å². The van der Waals surface area contributed by atoms with Crippen LogP contribution in [0.5, 0.6) is 5.88 Å². The summed E-state index contributed by atoms with van der Waals surface area (Å²) in [6.07, 6.45) is -7.54. The fraction of sp³-hybridized carbons (Fsp3) is 0.455. The number of carboxylic acid groups (broad SMARTS) is 2. The molecular weight excluding hydrogens is 548 g/mol. The highest BCUT2D eigenvalue weighted by Gasteiger charge is 2.54. The van der Waals surface area contributed by atoms with Crippen LogP contribution in [-0.2, 0) is 20.9 Å². The number of hydrogen-bond donors (Lipinski definition) is 3. The molecule has 210 valence electrons. The van der Waals surface area contributed by atoms with Gasteiger partial charge in [-0.15, -0.1) is 11.3 Å². The Bertz CT molecular complexity index is 1040. The van der Waals surface area contributed by atoms with Gasteiger partial charge in [-0.1, -0.05) is 12.1 Å². The number of ether oxygens (including phenoxy) is 1. The van der Waals surface area contributed by atoms with Crippen LogP contribution in [0.4, 0.5) is 26.3 Å². The van der Waals surface area contributed by atoms with Crippen molar-refractivity contribution in [1.82, 2.24) is 15.2 Å². The number of hydrogen-bond acceptors (Lipinski definition) is 7. The smallest absolute Gasteiger partial charge is 0.477 e. The number of carbonyl (C=O) groups is 3. The standard InChI is InChI=1S/C18H21N3O2S.2C2HF3O2/c22-17-18(6-8-21(13-18)11-15-4-3-9-24-15)14(10-20-17)12-23-16-5-1-2-7-19-16;2*3-2(4,5)1(6)7/h1-5,7,9,14H,6,8,10-13H2,(H,20,22);2*(H,6,7)/t14-,18-;;/m1../s1. The van der Waals surface area contributed by atoms with E-state index in [1.165, 1.54) is 4.88 Å². The van der Waals surface area contributed by atoms with E-state index in [1.54, 1.807) is 17.5 Å². The Morgan fingerprint density at radius 1 is 1.11 bits per heavy atom. The summed E-state index contributed by atoms with van der Waals surface area (Å²) in [4.78, 5) is 38.3. The number of halogens is 6. The minimum absolute atomic E-state index is 0.186. The predicted octanol–water partition coefficient (Wildman–Crippen LogP) is 3.43. The van der Waals surface area contributed by atoms with Crippen LogP contribution < -0.4 is 10.1 Å². The number of alkyl halides is 6. The minimum atomic E-state index is -5.08. The first kappa shape index (κ1) is 30.8. The molecule has 2 fully saturated rings. The fourth-order valence-corrected chi connectivity index (χ4v) is 4.55. The molecule has 4 heterocycles. The number of nitrogens with zero attached hydrogens (tertiary/aromatic N) is 2. The lowest BCUT2D eigenvalue weighted by Gasteiger charge is -2.28. The molecule has 0 aromatic carbocycles. The van der Waals surface area contributed by atoms with Crippen LogP contribution in [-0.4, -0.2) is 76.5 Å². The van der Waals surface area contributed by atoms with Crippen LogP contribution in [0.15, 0.2) is 41.9 Å². The summed E-state index contributed by atoms with van der Waals surface area (Å²) >= 11 is 1.77. The molecule has 2 aliphatic rings. The van der Waals surface area contributed by atoms with Gasteiger partial charge in [0.15, 0.2) is 0 Å². The second kappa shape index (κ2) is 12.9. The van der Waals surface area contributed by atoms with E-state index in [4.69, 9.17) is 24.5 Å². The van der Waals surface area contributed by atoms with Gasteiger partial charge in [0, 0.05) is 42.7 Å². The van der Waals surface area contributed by atoms with Gasteiger partial charge < -0.3 is 20.3 Å². The third kappa shape index (κ3) is 8.86. The Hall–Kier alpha value is -3.40. The third-order valence-electron chi connectivity index (χ3n) is 5.64. The van der Waals surface area contributed by atoms with Crippen molar-refractivity contribution < 1.29 is 55.7 Å². The lowest BCUT2D eigenvalue weighted by atomic mass is 9.77. The van der Waals surface area contributed by atoms with E-state index in [1.807, 2.05) is 18.2 Å². The van der Waals surface area contributed by atoms with Crippen LogP contribution in [0.3, 0.4) is 0 Å². The van der Waals surface area contributed by atoms with Crippen molar-refractivity contribution in [2.45, 2.75) is 25.3 Å². The van der Waals surface area contributed by atoms with E-state index in [0.29, 0.717) is 19.0 Å². The van der Waals surface area contributed by atoms with E-state index in [2.05, 4.69) is 32.7 Å². The summed E-state index contributed by atoms with van der Waals surface area (Å²) in [5, 5.41) is 19.4. The van der Waals surface area contributed by atoms with Gasteiger partial charge in [-0.05, 0) is 30.5 Å². The van der Waals surface area contributed by atoms with Gasteiger partial charge in [-0.25, -0.2) is 14.6 Å². The molecular formula is C22H23F6N3O6S. The first-order valence-corrected chi connectivity index (χ1v) is 11.7. The fourth-order valence-electron chi connectivity index (χ4n) is 3.80. The van der Waals surface area contributed by atoms with Crippen molar-refractivity contribution in [2.24, 2.45) is 11.3 Å². The molecule has 2 aromatic rings. The van der Waals surface area contributed by atoms with Gasteiger partial charge in [-0.3, -0.25) is 9.69 Å². The summed E-state index contributed by atoms with van der Waals surface area (Å²) < 4.78 is 69.3. The first-order chi connectivity index (χ1) is 17.6. The molecule has 0 bridgehead atoms. The van der Waals surface area contributed by atoms with Gasteiger partial charge in [0.25, 0.3) is 0 Å². The van der Waals surface area contributed by atoms with E-state index >= 15 is 0 Å². The van der Waals surface area contributed by atoms with Crippen molar-refractivity contribution in [1.29, 1.82) is 0 Å². The number of aromatic nitrogens is 1. The average molecular weight is 571 g/mol. The number of nitrogens with one attached hydrogen (secondary N) is 1. The summed E-state index contributed by atoms with van der Waals surface area (Å²) in [5.74, 6) is -4.51. The molecule has 0 saturated carbocycles. The zero-order valence-corrected chi connectivity index (χ0v) is 20.3. The van der Waals surface area contributed by atoms with Gasteiger partial charge in [0.1, 0.15) is 0 Å². The van der Waals surface area contributed by atoms with E-state index in [-0.39, 0.29) is 17.2 Å². The SMILES string of the molecule is O=C(O)C(F)(F)F.O=C(O)C(F)(F)F.O=C1NC[C@H](COc2ccccn2)[C@]12CCN(Cc1cccs1)C2. The van der Waals surface area contributed by atoms with Crippen LogP contribution in [0.1, 0.15) is 11.3 Å². The molecule has 0 aliphatic carbocycles. The molecule has 3 N–H and O–H groups in total. The van der Waals surface area contributed by atoms with Gasteiger partial charge >= 0.3 is 24.3 Å². The maximum atomic E-state index is 12.6. The second-order valence-corrected chi connectivity index (χ2v) is 9.22. The zero-order chi connectivity index (χ0) is 28.6. The minimum Gasteiger partial charge on any atom is -0.477 e. The maximum Gasteiger partial charge on any atom is 0.490 e. The van der Waals surface area contributed by atoms with Crippen molar-refractivity contribution in [3.05, 3.63) is 46.8 Å². The number of aliphatic carboxylic acids is 2. The second-order valence-electron chi connectivity index (χ2n) is 8.19. The van der Waals surface area contributed by atoms with Crippen LogP contribution in [0, 0.1) is 11.3 Å². The quantitative estimate of drug-likeness (QED) is 0.466. The molecule has 2 aromatic heterocycles. The lowest BCUT2D eigenvalue weighted by molar-refractivity contribution is -0.193. The van der Waals surface area contributed by atoms with Gasteiger partial charge in [0.2, 0.25) is 11.8 Å². The molecule has 1 amide bonds.